The van der Waals surface area contributed by atoms with Gasteiger partial charge in [-0.15, -0.1) is 0 Å². The van der Waals surface area contributed by atoms with E-state index in [1.165, 1.54) is 0 Å². The molecule has 0 aliphatic rings. The third-order valence-corrected chi connectivity index (χ3v) is 4.61. The second-order valence-electron chi connectivity index (χ2n) is 7.44. The van der Waals surface area contributed by atoms with Gasteiger partial charge in [0.1, 0.15) is 29.0 Å². The second-order valence-corrected chi connectivity index (χ2v) is 7.44. The van der Waals surface area contributed by atoms with Crippen molar-refractivity contribution >= 4 is 23.4 Å². The second kappa shape index (κ2) is 11.6. The molecule has 0 fully saturated rings. The number of aryl methyl sites for hydroxylation is 2. The van der Waals surface area contributed by atoms with E-state index in [0.717, 1.165) is 30.0 Å². The number of nitrogens with one attached hydrogen (secondary N) is 3. The van der Waals surface area contributed by atoms with Gasteiger partial charge in [0, 0.05) is 30.9 Å². The summed E-state index contributed by atoms with van der Waals surface area (Å²) in [6.45, 7) is 7.64. The first-order valence-electron chi connectivity index (χ1n) is 10.8. The molecule has 32 heavy (non-hydrogen) atoms. The average Bonchev–Trinajstić information content (AvgIpc) is 2.77. The van der Waals surface area contributed by atoms with E-state index in [0.29, 0.717) is 42.7 Å². The maximum absolute atomic E-state index is 12.3. The highest BCUT2D eigenvalue weighted by Gasteiger charge is 2.06. The standard InChI is InChI=1S/C24H30N6O2/c1-4-5-14-32-20-8-6-19(7-9-20)24(31)27-13-12-26-22-16-23(29-18(3)28-22)30-21-15-17(2)10-11-25-21/h6-11,15-16H,4-5,12-14H2,1-3H3,(H,27,31)(H2,25,26,28,29,30). The summed E-state index contributed by atoms with van der Waals surface area (Å²) in [6.07, 6.45) is 3.85. The average molecular weight is 435 g/mol. The zero-order valence-electron chi connectivity index (χ0n) is 18.8. The van der Waals surface area contributed by atoms with Crippen LogP contribution in [0.5, 0.6) is 5.75 Å². The highest BCUT2D eigenvalue weighted by Crippen LogP contribution is 2.16. The van der Waals surface area contributed by atoms with Crippen LogP contribution < -0.4 is 20.7 Å². The Kier molecular flexibility index (Phi) is 8.36. The quantitative estimate of drug-likeness (QED) is 0.388. The molecule has 8 heteroatoms. The fourth-order valence-electron chi connectivity index (χ4n) is 2.96. The lowest BCUT2D eigenvalue weighted by atomic mass is 10.2. The Morgan fingerprint density at radius 1 is 0.969 bits per heavy atom. The Morgan fingerprint density at radius 3 is 2.50 bits per heavy atom. The normalized spacial score (nSPS) is 10.5. The molecule has 0 bridgehead atoms. The third kappa shape index (κ3) is 7.23. The number of ether oxygens (including phenoxy) is 1. The maximum atomic E-state index is 12.3. The lowest BCUT2D eigenvalue weighted by molar-refractivity contribution is 0.0955. The van der Waals surface area contributed by atoms with Gasteiger partial charge in [-0.1, -0.05) is 13.3 Å². The molecule has 3 aromatic rings. The summed E-state index contributed by atoms with van der Waals surface area (Å²) in [5.74, 6) is 3.34. The summed E-state index contributed by atoms with van der Waals surface area (Å²) in [4.78, 5) is 25.4. The smallest absolute Gasteiger partial charge is 0.251 e. The molecule has 168 valence electrons. The van der Waals surface area contributed by atoms with Gasteiger partial charge < -0.3 is 20.7 Å². The topological polar surface area (TPSA) is 101 Å². The fraction of sp³-hybridized carbons (Fsp3) is 0.333. The number of carbonyl (C=O) groups excluding carboxylic acids is 1. The van der Waals surface area contributed by atoms with E-state index >= 15 is 0 Å². The van der Waals surface area contributed by atoms with Crippen molar-refractivity contribution in [3.8, 4) is 5.75 Å². The van der Waals surface area contributed by atoms with Crippen LogP contribution in [0.2, 0.25) is 0 Å². The molecule has 0 aliphatic carbocycles. The van der Waals surface area contributed by atoms with E-state index in [2.05, 4.69) is 37.8 Å². The van der Waals surface area contributed by atoms with E-state index < -0.39 is 0 Å². The molecule has 0 unspecified atom stereocenters. The van der Waals surface area contributed by atoms with E-state index in [-0.39, 0.29) is 5.91 Å². The van der Waals surface area contributed by atoms with E-state index in [4.69, 9.17) is 4.74 Å². The van der Waals surface area contributed by atoms with Gasteiger partial charge in [-0.05, 0) is 62.2 Å². The largest absolute Gasteiger partial charge is 0.494 e. The van der Waals surface area contributed by atoms with Crippen LogP contribution in [-0.4, -0.2) is 40.6 Å². The lowest BCUT2D eigenvalue weighted by Gasteiger charge is -2.11. The molecule has 1 amide bonds. The summed E-state index contributed by atoms with van der Waals surface area (Å²) in [6, 6.07) is 12.9. The highest BCUT2D eigenvalue weighted by molar-refractivity contribution is 5.94. The first-order valence-corrected chi connectivity index (χ1v) is 10.8. The molecule has 0 atom stereocenters. The number of hydrogen-bond acceptors (Lipinski definition) is 7. The predicted molar refractivity (Wildman–Crippen MR) is 127 cm³/mol. The van der Waals surface area contributed by atoms with Crippen molar-refractivity contribution in [1.82, 2.24) is 20.3 Å². The molecular formula is C24H30N6O2. The molecule has 1 aromatic carbocycles. The number of aromatic nitrogens is 3. The SMILES string of the molecule is CCCCOc1ccc(C(=O)NCCNc2cc(Nc3cc(C)ccn3)nc(C)n2)cc1. The van der Waals surface area contributed by atoms with Crippen LogP contribution >= 0.6 is 0 Å². The number of hydrogen-bond donors (Lipinski definition) is 3. The van der Waals surface area contributed by atoms with Gasteiger partial charge in [-0.25, -0.2) is 15.0 Å². The Labute approximate surface area is 188 Å². The van der Waals surface area contributed by atoms with Crippen molar-refractivity contribution in [2.75, 3.05) is 30.3 Å². The summed E-state index contributed by atoms with van der Waals surface area (Å²) < 4.78 is 5.63. The first kappa shape index (κ1) is 23.0. The maximum Gasteiger partial charge on any atom is 0.251 e. The monoisotopic (exact) mass is 434 g/mol. The van der Waals surface area contributed by atoms with Crippen molar-refractivity contribution < 1.29 is 9.53 Å². The van der Waals surface area contributed by atoms with Gasteiger partial charge in [0.05, 0.1) is 6.61 Å². The van der Waals surface area contributed by atoms with Gasteiger partial charge in [0.15, 0.2) is 0 Å². The molecule has 0 radical (unpaired) electrons. The summed E-state index contributed by atoms with van der Waals surface area (Å²) in [7, 11) is 0. The van der Waals surface area contributed by atoms with Gasteiger partial charge >= 0.3 is 0 Å². The number of benzene rings is 1. The van der Waals surface area contributed by atoms with Crippen molar-refractivity contribution in [3.63, 3.8) is 0 Å². The molecule has 0 spiro atoms. The number of unbranched alkanes of at least 4 members (excludes halogenated alkanes) is 1. The summed E-state index contributed by atoms with van der Waals surface area (Å²) >= 11 is 0. The van der Waals surface area contributed by atoms with Crippen molar-refractivity contribution in [3.05, 3.63) is 65.6 Å². The predicted octanol–water partition coefficient (Wildman–Crippen LogP) is 4.25. The van der Waals surface area contributed by atoms with Crippen molar-refractivity contribution in [2.24, 2.45) is 0 Å². The number of nitrogens with zero attached hydrogens (tertiary/aromatic N) is 3. The van der Waals surface area contributed by atoms with Gasteiger partial charge in [0.2, 0.25) is 0 Å². The first-order chi connectivity index (χ1) is 15.5. The van der Waals surface area contributed by atoms with Crippen LogP contribution in [0, 0.1) is 13.8 Å². The van der Waals surface area contributed by atoms with E-state index in [1.807, 2.05) is 44.2 Å². The molecule has 2 heterocycles. The molecule has 8 nitrogen and oxygen atoms in total. The highest BCUT2D eigenvalue weighted by atomic mass is 16.5. The third-order valence-electron chi connectivity index (χ3n) is 4.61. The number of carbonyl (C=O) groups is 1. The van der Waals surface area contributed by atoms with Crippen LogP contribution in [0.1, 0.15) is 41.5 Å². The van der Waals surface area contributed by atoms with Crippen LogP contribution in [0.15, 0.2) is 48.7 Å². The Bertz CT molecular complexity index is 1020. The summed E-state index contributed by atoms with van der Waals surface area (Å²) in [5, 5.41) is 9.32. The van der Waals surface area contributed by atoms with Crippen molar-refractivity contribution in [1.29, 1.82) is 0 Å². The van der Waals surface area contributed by atoms with Gasteiger partial charge in [0.25, 0.3) is 5.91 Å². The van der Waals surface area contributed by atoms with Crippen molar-refractivity contribution in [2.45, 2.75) is 33.6 Å². The molecule has 0 saturated carbocycles. The lowest BCUT2D eigenvalue weighted by Crippen LogP contribution is -2.28. The van der Waals surface area contributed by atoms with Gasteiger partial charge in [-0.3, -0.25) is 4.79 Å². The molecule has 3 N–H and O–H groups in total. The number of anilines is 3. The number of rotatable bonds is 11. The molecule has 0 aliphatic heterocycles. The zero-order valence-corrected chi connectivity index (χ0v) is 18.8. The minimum absolute atomic E-state index is 0.126. The Hall–Kier alpha value is -3.68. The fourth-order valence-corrected chi connectivity index (χ4v) is 2.96. The number of pyridine rings is 1. The van der Waals surface area contributed by atoms with Gasteiger partial charge in [-0.2, -0.15) is 0 Å². The van der Waals surface area contributed by atoms with Crippen LogP contribution in [0.25, 0.3) is 0 Å². The molecule has 0 saturated heterocycles. The summed E-state index contributed by atoms with van der Waals surface area (Å²) in [5.41, 5.74) is 1.71. The Morgan fingerprint density at radius 2 is 1.75 bits per heavy atom. The minimum atomic E-state index is -0.126. The van der Waals surface area contributed by atoms with Crippen LogP contribution in [-0.2, 0) is 0 Å². The minimum Gasteiger partial charge on any atom is -0.494 e. The Balaban J connectivity index is 1.46. The zero-order chi connectivity index (χ0) is 22.8. The molecule has 3 rings (SSSR count). The van der Waals surface area contributed by atoms with E-state index in [1.54, 1.807) is 18.3 Å². The van der Waals surface area contributed by atoms with Crippen LogP contribution in [0.3, 0.4) is 0 Å². The molecule has 2 aromatic heterocycles. The molecular weight excluding hydrogens is 404 g/mol. The van der Waals surface area contributed by atoms with Crippen LogP contribution in [0.4, 0.5) is 17.5 Å². The number of amides is 1. The van der Waals surface area contributed by atoms with E-state index in [9.17, 15) is 4.79 Å².